The minimum atomic E-state index is -0.486. The molecule has 0 amide bonds. The lowest BCUT2D eigenvalue weighted by atomic mass is 9.86. The van der Waals surface area contributed by atoms with Crippen molar-refractivity contribution in [3.63, 3.8) is 0 Å². The van der Waals surface area contributed by atoms with Crippen molar-refractivity contribution in [1.29, 1.82) is 0 Å². The van der Waals surface area contributed by atoms with Crippen LogP contribution >= 0.6 is 0 Å². The van der Waals surface area contributed by atoms with E-state index in [0.717, 1.165) is 5.56 Å². The maximum absolute atomic E-state index is 11.6. The Kier molecular flexibility index (Phi) is 6.57. The van der Waals surface area contributed by atoms with Crippen molar-refractivity contribution in [2.45, 2.75) is 40.0 Å². The highest BCUT2D eigenvalue weighted by Crippen LogP contribution is 2.44. The van der Waals surface area contributed by atoms with E-state index in [1.165, 1.54) is 0 Å². The molecular formula is C22H26N2O4. The predicted octanol–water partition coefficient (Wildman–Crippen LogP) is 5.99. The smallest absolute Gasteiger partial charge is 0.338 e. The number of nitrogens with zero attached hydrogens (tertiary/aromatic N) is 2. The molecule has 148 valence electrons. The van der Waals surface area contributed by atoms with Gasteiger partial charge < -0.3 is 14.6 Å². The molecule has 6 nitrogen and oxygen atoms in total. The molecule has 0 saturated heterocycles. The quantitative estimate of drug-likeness (QED) is 0.288. The first-order chi connectivity index (χ1) is 13.1. The van der Waals surface area contributed by atoms with Crippen molar-refractivity contribution in [3.05, 3.63) is 54.1 Å². The van der Waals surface area contributed by atoms with Crippen molar-refractivity contribution in [3.8, 4) is 17.2 Å². The van der Waals surface area contributed by atoms with Crippen LogP contribution in [0.4, 0.5) is 11.4 Å². The Balaban J connectivity index is 2.32. The number of carbonyl (C=O) groups is 1. The molecule has 0 atom stereocenters. The second-order valence-corrected chi connectivity index (χ2v) is 7.36. The van der Waals surface area contributed by atoms with Gasteiger partial charge >= 0.3 is 5.97 Å². The SMILES string of the molecule is C=C(C)C(=O)Oc1ccc(N=Nc2c(OCC)ccc(C(C)(C)C)c2O)cc1. The van der Waals surface area contributed by atoms with Crippen LogP contribution in [0.15, 0.2) is 58.8 Å². The standard InChI is InChI=1S/C22H26N2O4/c1-7-27-18-13-12-17(22(4,5)6)20(25)19(18)24-23-15-8-10-16(11-9-15)28-21(26)14(2)3/h8-13,25H,2,7H2,1,3-6H3. The lowest BCUT2D eigenvalue weighted by molar-refractivity contribution is -0.130. The highest BCUT2D eigenvalue weighted by molar-refractivity contribution is 5.88. The molecule has 0 radical (unpaired) electrons. The first-order valence-electron chi connectivity index (χ1n) is 9.02. The molecule has 2 aromatic rings. The van der Waals surface area contributed by atoms with Crippen LogP contribution in [0.3, 0.4) is 0 Å². The van der Waals surface area contributed by atoms with E-state index in [0.29, 0.717) is 29.4 Å². The highest BCUT2D eigenvalue weighted by Gasteiger charge is 2.22. The summed E-state index contributed by atoms with van der Waals surface area (Å²) in [6.07, 6.45) is 0. The maximum atomic E-state index is 11.6. The fourth-order valence-corrected chi connectivity index (χ4v) is 2.42. The number of benzene rings is 2. The number of azo groups is 1. The summed E-state index contributed by atoms with van der Waals surface area (Å²) in [7, 11) is 0. The molecule has 0 spiro atoms. The number of phenolic OH excluding ortho intramolecular Hbond substituents is 1. The van der Waals surface area contributed by atoms with E-state index in [1.54, 1.807) is 37.3 Å². The number of hydrogen-bond donors (Lipinski definition) is 1. The molecule has 0 unspecified atom stereocenters. The summed E-state index contributed by atoms with van der Waals surface area (Å²) in [6, 6.07) is 10.2. The van der Waals surface area contributed by atoms with Crippen molar-refractivity contribution >= 4 is 17.3 Å². The van der Waals surface area contributed by atoms with Crippen LogP contribution in [-0.2, 0) is 10.2 Å². The predicted molar refractivity (Wildman–Crippen MR) is 109 cm³/mol. The lowest BCUT2D eigenvalue weighted by Gasteiger charge is -2.22. The Morgan fingerprint density at radius 2 is 1.75 bits per heavy atom. The van der Waals surface area contributed by atoms with Gasteiger partial charge in [0.1, 0.15) is 5.75 Å². The summed E-state index contributed by atoms with van der Waals surface area (Å²) in [4.78, 5) is 11.6. The van der Waals surface area contributed by atoms with Gasteiger partial charge in [0.15, 0.2) is 17.2 Å². The molecule has 0 aliphatic carbocycles. The van der Waals surface area contributed by atoms with Crippen molar-refractivity contribution in [2.75, 3.05) is 6.61 Å². The summed E-state index contributed by atoms with van der Waals surface area (Å²) in [5, 5.41) is 19.1. The fraction of sp³-hybridized carbons (Fsp3) is 0.318. The van der Waals surface area contributed by atoms with Gasteiger partial charge in [0, 0.05) is 11.1 Å². The van der Waals surface area contributed by atoms with Crippen LogP contribution in [0.5, 0.6) is 17.2 Å². The van der Waals surface area contributed by atoms with Crippen molar-refractivity contribution in [1.82, 2.24) is 0 Å². The number of ether oxygens (including phenoxy) is 2. The number of carbonyl (C=O) groups excluding carboxylic acids is 1. The zero-order valence-electron chi connectivity index (χ0n) is 16.9. The Bertz CT molecular complexity index is 894. The third-order valence-electron chi connectivity index (χ3n) is 3.88. The van der Waals surface area contributed by atoms with Gasteiger partial charge in [0.25, 0.3) is 0 Å². The van der Waals surface area contributed by atoms with Gasteiger partial charge in [0.05, 0.1) is 12.3 Å². The van der Waals surface area contributed by atoms with Gasteiger partial charge in [-0.05, 0) is 49.6 Å². The topological polar surface area (TPSA) is 80.5 Å². The summed E-state index contributed by atoms with van der Waals surface area (Å²) in [6.45, 7) is 13.5. The fourth-order valence-electron chi connectivity index (χ4n) is 2.42. The minimum absolute atomic E-state index is 0.0502. The third-order valence-corrected chi connectivity index (χ3v) is 3.88. The summed E-state index contributed by atoms with van der Waals surface area (Å²) < 4.78 is 10.7. The van der Waals surface area contributed by atoms with Gasteiger partial charge in [-0.15, -0.1) is 5.11 Å². The minimum Gasteiger partial charge on any atom is -0.505 e. The molecule has 0 fully saturated rings. The largest absolute Gasteiger partial charge is 0.505 e. The highest BCUT2D eigenvalue weighted by atomic mass is 16.5. The molecule has 28 heavy (non-hydrogen) atoms. The molecule has 0 saturated carbocycles. The molecule has 0 aromatic heterocycles. The number of aromatic hydroxyl groups is 1. The Hall–Kier alpha value is -3.15. The Morgan fingerprint density at radius 1 is 1.11 bits per heavy atom. The lowest BCUT2D eigenvalue weighted by Crippen LogP contribution is -2.11. The number of esters is 1. The van der Waals surface area contributed by atoms with Crippen LogP contribution in [0.1, 0.15) is 40.2 Å². The summed E-state index contributed by atoms with van der Waals surface area (Å²) >= 11 is 0. The van der Waals surface area contributed by atoms with E-state index in [2.05, 4.69) is 16.8 Å². The maximum Gasteiger partial charge on any atom is 0.338 e. The van der Waals surface area contributed by atoms with Crippen LogP contribution < -0.4 is 9.47 Å². The van der Waals surface area contributed by atoms with Gasteiger partial charge in [-0.25, -0.2) is 4.79 Å². The number of rotatable bonds is 6. The molecule has 0 aliphatic heterocycles. The molecule has 2 rings (SSSR count). The van der Waals surface area contributed by atoms with Crippen molar-refractivity contribution in [2.24, 2.45) is 10.2 Å². The van der Waals surface area contributed by atoms with E-state index in [-0.39, 0.29) is 16.9 Å². The third kappa shape index (κ3) is 5.19. The molecule has 6 heteroatoms. The van der Waals surface area contributed by atoms with Gasteiger partial charge in [0.2, 0.25) is 0 Å². The second-order valence-electron chi connectivity index (χ2n) is 7.36. The van der Waals surface area contributed by atoms with Gasteiger partial charge in [-0.3, -0.25) is 0 Å². The zero-order chi connectivity index (χ0) is 20.9. The second kappa shape index (κ2) is 8.69. The van der Waals surface area contributed by atoms with Crippen LogP contribution in [0, 0.1) is 0 Å². The normalized spacial score (nSPS) is 11.5. The van der Waals surface area contributed by atoms with E-state index >= 15 is 0 Å². The van der Waals surface area contributed by atoms with Crippen LogP contribution in [0.2, 0.25) is 0 Å². The first-order valence-corrected chi connectivity index (χ1v) is 9.02. The molecule has 0 aliphatic rings. The number of hydrogen-bond acceptors (Lipinski definition) is 6. The van der Waals surface area contributed by atoms with E-state index in [4.69, 9.17) is 9.47 Å². The Labute approximate surface area is 165 Å². The zero-order valence-corrected chi connectivity index (χ0v) is 16.9. The van der Waals surface area contributed by atoms with E-state index in [9.17, 15) is 9.90 Å². The molecule has 2 aromatic carbocycles. The van der Waals surface area contributed by atoms with Gasteiger partial charge in [-0.1, -0.05) is 33.4 Å². The first kappa shape index (κ1) is 21.2. The summed E-state index contributed by atoms with van der Waals surface area (Å²) in [5.74, 6) is 0.414. The molecule has 1 N–H and O–H groups in total. The van der Waals surface area contributed by atoms with Crippen LogP contribution in [-0.4, -0.2) is 17.7 Å². The summed E-state index contributed by atoms with van der Waals surface area (Å²) in [5.41, 5.74) is 1.65. The van der Waals surface area contributed by atoms with E-state index in [1.807, 2.05) is 33.8 Å². The van der Waals surface area contributed by atoms with Crippen molar-refractivity contribution < 1.29 is 19.4 Å². The Morgan fingerprint density at radius 3 is 2.29 bits per heavy atom. The average Bonchev–Trinajstić information content (AvgIpc) is 2.61. The monoisotopic (exact) mass is 382 g/mol. The molecule has 0 heterocycles. The van der Waals surface area contributed by atoms with Gasteiger partial charge in [-0.2, -0.15) is 5.11 Å². The number of phenols is 1. The van der Waals surface area contributed by atoms with E-state index < -0.39 is 5.97 Å². The molecule has 0 bridgehead atoms. The molecular weight excluding hydrogens is 356 g/mol. The van der Waals surface area contributed by atoms with Crippen LogP contribution in [0.25, 0.3) is 0 Å². The average molecular weight is 382 g/mol.